The first-order valence-electron chi connectivity index (χ1n) is 8.84. The second-order valence-electron chi connectivity index (χ2n) is 6.65. The Bertz CT molecular complexity index is 1170. The standard InChI is InChI=1S/C20H18N6O/c1-12-5-7-22-20(25-12)27-14-3-4-15-13(9-14)6-8-21-18-17-16(15)10-26(2)19(17)24-11-23-18/h3-5,7,9-11H,6,8H2,1-2H3,(H,21,23,24). The highest BCUT2D eigenvalue weighted by atomic mass is 16.5. The van der Waals surface area contributed by atoms with Gasteiger partial charge < -0.3 is 14.6 Å². The van der Waals surface area contributed by atoms with Gasteiger partial charge >= 0.3 is 6.01 Å². The predicted molar refractivity (Wildman–Crippen MR) is 103 cm³/mol. The molecule has 27 heavy (non-hydrogen) atoms. The minimum atomic E-state index is 0.361. The van der Waals surface area contributed by atoms with Crippen molar-refractivity contribution in [3.05, 3.63) is 54.2 Å². The number of nitrogens with zero attached hydrogens (tertiary/aromatic N) is 5. The minimum Gasteiger partial charge on any atom is -0.424 e. The molecule has 4 heterocycles. The lowest BCUT2D eigenvalue weighted by Crippen LogP contribution is -2.10. The van der Waals surface area contributed by atoms with Crippen LogP contribution in [-0.2, 0) is 13.5 Å². The Kier molecular flexibility index (Phi) is 3.53. The molecule has 1 aliphatic heterocycles. The largest absolute Gasteiger partial charge is 0.424 e. The van der Waals surface area contributed by atoms with Crippen LogP contribution in [0.2, 0.25) is 0 Å². The minimum absolute atomic E-state index is 0.361. The van der Waals surface area contributed by atoms with Gasteiger partial charge in [-0.05, 0) is 42.7 Å². The molecular formula is C20H18N6O. The van der Waals surface area contributed by atoms with Crippen LogP contribution in [0.3, 0.4) is 0 Å². The van der Waals surface area contributed by atoms with Gasteiger partial charge in [0.2, 0.25) is 0 Å². The van der Waals surface area contributed by atoms with Crippen molar-refractivity contribution in [3.63, 3.8) is 0 Å². The van der Waals surface area contributed by atoms with Gasteiger partial charge in [0.15, 0.2) is 0 Å². The molecular weight excluding hydrogens is 340 g/mol. The molecule has 0 saturated heterocycles. The lowest BCUT2D eigenvalue weighted by molar-refractivity contribution is 0.440. The maximum atomic E-state index is 5.87. The fourth-order valence-corrected chi connectivity index (χ4v) is 3.55. The lowest BCUT2D eigenvalue weighted by Gasteiger charge is -2.16. The first kappa shape index (κ1) is 15.7. The highest BCUT2D eigenvalue weighted by Gasteiger charge is 2.20. The van der Waals surface area contributed by atoms with Crippen LogP contribution in [0.5, 0.6) is 11.8 Å². The first-order chi connectivity index (χ1) is 13.2. The van der Waals surface area contributed by atoms with E-state index in [9.17, 15) is 0 Å². The Labute approximate surface area is 156 Å². The smallest absolute Gasteiger partial charge is 0.322 e. The third-order valence-electron chi connectivity index (χ3n) is 4.79. The Balaban J connectivity index is 1.62. The van der Waals surface area contributed by atoms with Crippen LogP contribution in [0.1, 0.15) is 11.3 Å². The summed E-state index contributed by atoms with van der Waals surface area (Å²) in [6, 6.07) is 8.33. The molecule has 0 aliphatic carbocycles. The molecule has 0 fully saturated rings. The zero-order valence-electron chi connectivity index (χ0n) is 15.1. The van der Waals surface area contributed by atoms with Crippen molar-refractivity contribution in [2.75, 3.05) is 11.9 Å². The van der Waals surface area contributed by atoms with Crippen LogP contribution >= 0.6 is 0 Å². The number of aromatic nitrogens is 5. The normalized spacial score (nSPS) is 12.8. The average molecular weight is 358 g/mol. The molecule has 0 amide bonds. The van der Waals surface area contributed by atoms with E-state index in [1.807, 2.05) is 30.7 Å². The summed E-state index contributed by atoms with van der Waals surface area (Å²) in [4.78, 5) is 17.4. The fourth-order valence-electron chi connectivity index (χ4n) is 3.55. The van der Waals surface area contributed by atoms with Gasteiger partial charge in [-0.2, -0.15) is 0 Å². The Morgan fingerprint density at radius 1 is 1.11 bits per heavy atom. The summed E-state index contributed by atoms with van der Waals surface area (Å²) in [7, 11) is 2.01. The number of rotatable bonds is 2. The topological polar surface area (TPSA) is 77.8 Å². The van der Waals surface area contributed by atoms with Crippen molar-refractivity contribution in [2.45, 2.75) is 13.3 Å². The maximum absolute atomic E-state index is 5.87. The Morgan fingerprint density at radius 2 is 2.04 bits per heavy atom. The van der Waals surface area contributed by atoms with E-state index in [0.717, 1.165) is 46.8 Å². The zero-order chi connectivity index (χ0) is 18.4. The summed E-state index contributed by atoms with van der Waals surface area (Å²) in [6.07, 6.45) is 6.28. The Morgan fingerprint density at radius 3 is 2.93 bits per heavy atom. The maximum Gasteiger partial charge on any atom is 0.322 e. The van der Waals surface area contributed by atoms with E-state index in [4.69, 9.17) is 4.74 Å². The molecule has 134 valence electrons. The van der Waals surface area contributed by atoms with Crippen LogP contribution < -0.4 is 10.1 Å². The van der Waals surface area contributed by atoms with Crippen LogP contribution in [0.4, 0.5) is 5.82 Å². The summed E-state index contributed by atoms with van der Waals surface area (Å²) in [6.45, 7) is 2.71. The van der Waals surface area contributed by atoms with Crippen molar-refractivity contribution < 1.29 is 4.74 Å². The van der Waals surface area contributed by atoms with Gasteiger partial charge in [0, 0.05) is 37.2 Å². The molecule has 7 nitrogen and oxygen atoms in total. The van der Waals surface area contributed by atoms with E-state index in [2.05, 4.69) is 43.6 Å². The van der Waals surface area contributed by atoms with Crippen molar-refractivity contribution in [3.8, 4) is 22.9 Å². The molecule has 3 aromatic heterocycles. The summed E-state index contributed by atoms with van der Waals surface area (Å²) >= 11 is 0. The average Bonchev–Trinajstić information content (AvgIpc) is 2.98. The van der Waals surface area contributed by atoms with E-state index in [0.29, 0.717) is 6.01 Å². The van der Waals surface area contributed by atoms with Gasteiger partial charge in [0.25, 0.3) is 0 Å². The third kappa shape index (κ3) is 2.68. The van der Waals surface area contributed by atoms with Gasteiger partial charge in [-0.3, -0.25) is 0 Å². The molecule has 4 aromatic rings. The molecule has 0 radical (unpaired) electrons. The summed E-state index contributed by atoms with van der Waals surface area (Å²) < 4.78 is 7.91. The van der Waals surface area contributed by atoms with Crippen molar-refractivity contribution >= 4 is 16.9 Å². The Hall–Kier alpha value is -3.48. The first-order valence-corrected chi connectivity index (χ1v) is 8.84. The van der Waals surface area contributed by atoms with Gasteiger partial charge in [-0.25, -0.2) is 19.9 Å². The van der Waals surface area contributed by atoms with Crippen LogP contribution in [0.15, 0.2) is 43.0 Å². The number of hydrogen-bond acceptors (Lipinski definition) is 6. The van der Waals surface area contributed by atoms with E-state index in [1.165, 1.54) is 11.1 Å². The number of ether oxygens (including phenoxy) is 1. The van der Waals surface area contributed by atoms with E-state index >= 15 is 0 Å². The quantitative estimate of drug-likeness (QED) is 0.591. The fraction of sp³-hybridized carbons (Fsp3) is 0.200. The van der Waals surface area contributed by atoms with Gasteiger partial charge in [0.05, 0.1) is 5.39 Å². The number of fused-ring (bicyclic) bond motifs is 2. The molecule has 0 saturated carbocycles. The van der Waals surface area contributed by atoms with Crippen molar-refractivity contribution in [1.29, 1.82) is 0 Å². The summed E-state index contributed by atoms with van der Waals surface area (Å²) in [5.41, 5.74) is 5.30. The molecule has 5 rings (SSSR count). The van der Waals surface area contributed by atoms with Gasteiger partial charge in [0.1, 0.15) is 23.5 Å². The number of nitrogens with one attached hydrogen (secondary N) is 1. The second-order valence-corrected chi connectivity index (χ2v) is 6.65. The van der Waals surface area contributed by atoms with Crippen LogP contribution in [-0.4, -0.2) is 31.0 Å². The zero-order valence-corrected chi connectivity index (χ0v) is 15.1. The number of hydrogen-bond donors (Lipinski definition) is 1. The molecule has 1 aromatic carbocycles. The monoisotopic (exact) mass is 358 g/mol. The third-order valence-corrected chi connectivity index (χ3v) is 4.79. The number of aryl methyl sites for hydroxylation is 2. The molecule has 0 spiro atoms. The van der Waals surface area contributed by atoms with Crippen LogP contribution in [0, 0.1) is 6.92 Å². The highest BCUT2D eigenvalue weighted by Crippen LogP contribution is 2.38. The van der Waals surface area contributed by atoms with Crippen LogP contribution in [0.25, 0.3) is 22.2 Å². The second kappa shape index (κ2) is 6.05. The molecule has 0 atom stereocenters. The van der Waals surface area contributed by atoms with Crippen molar-refractivity contribution in [1.82, 2.24) is 24.5 Å². The summed E-state index contributed by atoms with van der Waals surface area (Å²) in [5, 5.41) is 4.48. The molecule has 1 aliphatic rings. The lowest BCUT2D eigenvalue weighted by atomic mass is 9.96. The van der Waals surface area contributed by atoms with E-state index < -0.39 is 0 Å². The van der Waals surface area contributed by atoms with E-state index in [-0.39, 0.29) is 0 Å². The molecule has 1 N–H and O–H groups in total. The predicted octanol–water partition coefficient (Wildman–Crippen LogP) is 3.49. The molecule has 0 bridgehead atoms. The van der Waals surface area contributed by atoms with Crippen molar-refractivity contribution in [2.24, 2.45) is 7.05 Å². The molecule has 0 unspecified atom stereocenters. The summed E-state index contributed by atoms with van der Waals surface area (Å²) in [5.74, 6) is 1.62. The van der Waals surface area contributed by atoms with Gasteiger partial charge in [-0.15, -0.1) is 0 Å². The van der Waals surface area contributed by atoms with Gasteiger partial charge in [-0.1, -0.05) is 6.07 Å². The number of anilines is 1. The SMILES string of the molecule is Cc1ccnc(Oc2ccc3c(c2)CCNc2ncnc4c2c-3cn4C)n1. The number of benzene rings is 1. The highest BCUT2D eigenvalue weighted by molar-refractivity contribution is 6.02. The van der Waals surface area contributed by atoms with E-state index in [1.54, 1.807) is 12.5 Å². The molecule has 7 heteroatoms.